The predicted octanol–water partition coefficient (Wildman–Crippen LogP) is 0.488. The molecule has 20 heavy (non-hydrogen) atoms. The van der Waals surface area contributed by atoms with Gasteiger partial charge in [-0.15, -0.1) is 0 Å². The first-order chi connectivity index (χ1) is 9.66. The Hall–Kier alpha value is -2.08. The number of amides is 1. The minimum atomic E-state index is -1.01. The second-order valence-corrected chi connectivity index (χ2v) is 4.68. The highest BCUT2D eigenvalue weighted by molar-refractivity contribution is 5.80. The fourth-order valence-electron chi connectivity index (χ4n) is 2.18. The number of nitrogens with one attached hydrogen (secondary N) is 2. The van der Waals surface area contributed by atoms with Crippen molar-refractivity contribution in [1.82, 2.24) is 5.32 Å². The van der Waals surface area contributed by atoms with E-state index in [1.165, 1.54) is 0 Å². The normalized spacial score (nSPS) is 16.9. The average molecular weight is 278 g/mol. The summed E-state index contributed by atoms with van der Waals surface area (Å²) in [6.07, 6.45) is 0.713. The standard InChI is InChI=1S/C14H18N2O4/c17-13(18)9-20-6-5-15-14(19)11-7-10-3-1-2-4-12(10)16-8-11/h1-4,11,16H,5-9H2,(H,15,19)(H,17,18). The van der Waals surface area contributed by atoms with Gasteiger partial charge in [-0.2, -0.15) is 0 Å². The third-order valence-corrected chi connectivity index (χ3v) is 3.16. The molecule has 1 amide bonds. The van der Waals surface area contributed by atoms with Crippen molar-refractivity contribution < 1.29 is 19.4 Å². The molecule has 1 unspecified atom stereocenters. The van der Waals surface area contributed by atoms with Gasteiger partial charge in [0.15, 0.2) is 0 Å². The molecule has 2 rings (SSSR count). The first-order valence-corrected chi connectivity index (χ1v) is 6.56. The summed E-state index contributed by atoms with van der Waals surface area (Å²) in [4.78, 5) is 22.2. The van der Waals surface area contributed by atoms with E-state index < -0.39 is 5.97 Å². The highest BCUT2D eigenvalue weighted by atomic mass is 16.5. The van der Waals surface area contributed by atoms with Crippen molar-refractivity contribution in [2.75, 3.05) is 31.6 Å². The summed E-state index contributed by atoms with van der Waals surface area (Å²) in [6.45, 7) is 0.798. The number of benzene rings is 1. The largest absolute Gasteiger partial charge is 0.480 e. The number of carbonyl (C=O) groups excluding carboxylic acids is 1. The molecule has 1 aromatic rings. The van der Waals surface area contributed by atoms with Crippen LogP contribution in [0.25, 0.3) is 0 Å². The first-order valence-electron chi connectivity index (χ1n) is 6.56. The van der Waals surface area contributed by atoms with E-state index in [0.717, 1.165) is 11.3 Å². The van der Waals surface area contributed by atoms with E-state index in [-0.39, 0.29) is 25.0 Å². The zero-order valence-corrected chi connectivity index (χ0v) is 11.1. The number of aliphatic carboxylic acids is 1. The Balaban J connectivity index is 1.73. The van der Waals surface area contributed by atoms with Crippen LogP contribution >= 0.6 is 0 Å². The molecule has 0 saturated carbocycles. The summed E-state index contributed by atoms with van der Waals surface area (Å²) < 4.78 is 4.86. The number of fused-ring (bicyclic) bond motifs is 1. The van der Waals surface area contributed by atoms with Crippen LogP contribution in [-0.4, -0.2) is 43.3 Å². The molecule has 0 bridgehead atoms. The first kappa shape index (κ1) is 14.3. The van der Waals surface area contributed by atoms with E-state index in [1.54, 1.807) is 0 Å². The van der Waals surface area contributed by atoms with Crippen molar-refractivity contribution in [3.63, 3.8) is 0 Å². The van der Waals surface area contributed by atoms with Gasteiger partial charge in [0.1, 0.15) is 6.61 Å². The molecule has 3 N–H and O–H groups in total. The summed E-state index contributed by atoms with van der Waals surface area (Å²) in [5.74, 6) is -1.15. The maximum Gasteiger partial charge on any atom is 0.329 e. The maximum absolute atomic E-state index is 12.0. The van der Waals surface area contributed by atoms with Crippen molar-refractivity contribution in [1.29, 1.82) is 0 Å². The number of carboxylic acid groups (broad SMARTS) is 1. The van der Waals surface area contributed by atoms with Crippen LogP contribution in [-0.2, 0) is 20.7 Å². The number of anilines is 1. The molecule has 0 radical (unpaired) electrons. The molecule has 1 aliphatic rings. The lowest BCUT2D eigenvalue weighted by Gasteiger charge is -2.25. The van der Waals surface area contributed by atoms with Crippen molar-refractivity contribution >= 4 is 17.6 Å². The molecule has 0 aliphatic carbocycles. The van der Waals surface area contributed by atoms with E-state index >= 15 is 0 Å². The molecule has 0 spiro atoms. The van der Waals surface area contributed by atoms with Crippen LogP contribution in [0.1, 0.15) is 5.56 Å². The molecule has 1 aliphatic heterocycles. The summed E-state index contributed by atoms with van der Waals surface area (Å²) >= 11 is 0. The fourth-order valence-corrected chi connectivity index (χ4v) is 2.18. The molecular formula is C14H18N2O4. The maximum atomic E-state index is 12.0. The number of para-hydroxylation sites is 1. The lowest BCUT2D eigenvalue weighted by Crippen LogP contribution is -2.39. The van der Waals surface area contributed by atoms with Gasteiger partial charge in [0, 0.05) is 18.8 Å². The number of hydrogen-bond acceptors (Lipinski definition) is 4. The Kier molecular flexibility index (Phi) is 4.95. The number of hydrogen-bond donors (Lipinski definition) is 3. The highest BCUT2D eigenvalue weighted by Crippen LogP contribution is 2.24. The molecule has 0 fully saturated rings. The Morgan fingerprint density at radius 1 is 1.40 bits per heavy atom. The molecule has 1 aromatic carbocycles. The molecule has 1 heterocycles. The minimum absolute atomic E-state index is 0.0362. The van der Waals surface area contributed by atoms with Crippen LogP contribution in [0.2, 0.25) is 0 Å². The lowest BCUT2D eigenvalue weighted by molar-refractivity contribution is -0.142. The van der Waals surface area contributed by atoms with Crippen LogP contribution in [0.3, 0.4) is 0 Å². The monoisotopic (exact) mass is 278 g/mol. The van der Waals surface area contributed by atoms with Crippen molar-refractivity contribution in [3.8, 4) is 0 Å². The van der Waals surface area contributed by atoms with Gasteiger partial charge < -0.3 is 20.5 Å². The molecule has 6 heteroatoms. The third kappa shape index (κ3) is 3.96. The number of rotatable bonds is 6. The Bertz CT molecular complexity index is 490. The molecule has 1 atom stereocenters. The van der Waals surface area contributed by atoms with Crippen molar-refractivity contribution in [3.05, 3.63) is 29.8 Å². The SMILES string of the molecule is O=C(O)COCCNC(=O)C1CNc2ccccc2C1. The predicted molar refractivity (Wildman–Crippen MR) is 73.6 cm³/mol. The van der Waals surface area contributed by atoms with Gasteiger partial charge >= 0.3 is 5.97 Å². The topological polar surface area (TPSA) is 87.7 Å². The van der Waals surface area contributed by atoms with Crippen LogP contribution < -0.4 is 10.6 Å². The summed E-state index contributed by atoms with van der Waals surface area (Å²) in [7, 11) is 0. The molecular weight excluding hydrogens is 260 g/mol. The lowest BCUT2D eigenvalue weighted by atomic mass is 9.93. The smallest absolute Gasteiger partial charge is 0.329 e. The second-order valence-electron chi connectivity index (χ2n) is 4.68. The Morgan fingerprint density at radius 2 is 2.20 bits per heavy atom. The Morgan fingerprint density at radius 3 is 3.00 bits per heavy atom. The molecule has 108 valence electrons. The van der Waals surface area contributed by atoms with Gasteiger partial charge in [0.25, 0.3) is 0 Å². The van der Waals surface area contributed by atoms with Gasteiger partial charge in [-0.1, -0.05) is 18.2 Å². The summed E-state index contributed by atoms with van der Waals surface area (Å²) in [5.41, 5.74) is 2.22. The minimum Gasteiger partial charge on any atom is -0.480 e. The van der Waals surface area contributed by atoms with E-state index in [1.807, 2.05) is 24.3 Å². The molecule has 0 aromatic heterocycles. The van der Waals surface area contributed by atoms with E-state index in [0.29, 0.717) is 19.5 Å². The molecule has 6 nitrogen and oxygen atoms in total. The van der Waals surface area contributed by atoms with Crippen LogP contribution in [0.5, 0.6) is 0 Å². The van der Waals surface area contributed by atoms with E-state index in [4.69, 9.17) is 9.84 Å². The zero-order valence-electron chi connectivity index (χ0n) is 11.1. The quantitative estimate of drug-likeness (QED) is 0.659. The van der Waals surface area contributed by atoms with E-state index in [9.17, 15) is 9.59 Å². The molecule has 0 saturated heterocycles. The number of carboxylic acids is 1. The average Bonchev–Trinajstić information content (AvgIpc) is 2.46. The number of carbonyl (C=O) groups is 2. The third-order valence-electron chi connectivity index (χ3n) is 3.16. The van der Waals surface area contributed by atoms with Crippen LogP contribution in [0, 0.1) is 5.92 Å². The van der Waals surface area contributed by atoms with Gasteiger partial charge in [0.2, 0.25) is 5.91 Å². The van der Waals surface area contributed by atoms with Crippen LogP contribution in [0.4, 0.5) is 5.69 Å². The summed E-state index contributed by atoms with van der Waals surface area (Å²) in [6, 6.07) is 7.94. The highest BCUT2D eigenvalue weighted by Gasteiger charge is 2.23. The van der Waals surface area contributed by atoms with Gasteiger partial charge in [-0.3, -0.25) is 4.79 Å². The van der Waals surface area contributed by atoms with Gasteiger partial charge in [-0.25, -0.2) is 4.79 Å². The van der Waals surface area contributed by atoms with Gasteiger partial charge in [-0.05, 0) is 18.1 Å². The van der Waals surface area contributed by atoms with Crippen LogP contribution in [0.15, 0.2) is 24.3 Å². The second kappa shape index (κ2) is 6.91. The summed E-state index contributed by atoms with van der Waals surface area (Å²) in [5, 5.41) is 14.4. The fraction of sp³-hybridized carbons (Fsp3) is 0.429. The van der Waals surface area contributed by atoms with Gasteiger partial charge in [0.05, 0.1) is 12.5 Å². The number of ether oxygens (including phenoxy) is 1. The zero-order chi connectivity index (χ0) is 14.4. The van der Waals surface area contributed by atoms with E-state index in [2.05, 4.69) is 10.6 Å². The van der Waals surface area contributed by atoms with Crippen molar-refractivity contribution in [2.45, 2.75) is 6.42 Å². The van der Waals surface area contributed by atoms with Crippen molar-refractivity contribution in [2.24, 2.45) is 5.92 Å². The Labute approximate surface area is 117 Å².